The van der Waals surface area contributed by atoms with Gasteiger partial charge in [-0.05, 0) is 30.2 Å². The molecule has 0 spiro atoms. The molecule has 0 aliphatic rings. The molecular weight excluding hydrogens is 284 g/mol. The van der Waals surface area contributed by atoms with Crippen molar-refractivity contribution in [3.63, 3.8) is 0 Å². The first kappa shape index (κ1) is 15.1. The van der Waals surface area contributed by atoms with Crippen molar-refractivity contribution in [2.24, 2.45) is 0 Å². The number of para-hydroxylation sites is 3. The van der Waals surface area contributed by atoms with Crippen LogP contribution in [-0.2, 0) is 19.6 Å². The van der Waals surface area contributed by atoms with E-state index in [-0.39, 0.29) is 0 Å². The third-order valence-electron chi connectivity index (χ3n) is 3.74. The van der Waals surface area contributed by atoms with Crippen LogP contribution in [-0.4, -0.2) is 9.55 Å². The van der Waals surface area contributed by atoms with Crippen LogP contribution in [0.4, 0.5) is 0 Å². The Morgan fingerprint density at radius 3 is 2.61 bits per heavy atom. The Morgan fingerprint density at radius 2 is 1.78 bits per heavy atom. The predicted octanol–water partition coefficient (Wildman–Crippen LogP) is 4.53. The molecule has 3 heteroatoms. The molecule has 3 aromatic rings. The fraction of sp³-hybridized carbons (Fsp3) is 0.150. The van der Waals surface area contributed by atoms with E-state index in [9.17, 15) is 0 Å². The van der Waals surface area contributed by atoms with E-state index in [1.807, 2.05) is 48.6 Å². The summed E-state index contributed by atoms with van der Waals surface area (Å²) >= 11 is 0. The molecule has 0 amide bonds. The minimum absolute atomic E-state index is 0.427. The summed E-state index contributed by atoms with van der Waals surface area (Å²) in [6.07, 6.45) is 4.55. The highest BCUT2D eigenvalue weighted by atomic mass is 16.5. The lowest BCUT2D eigenvalue weighted by atomic mass is 10.1. The van der Waals surface area contributed by atoms with Gasteiger partial charge in [0.1, 0.15) is 18.2 Å². The summed E-state index contributed by atoms with van der Waals surface area (Å²) in [5.41, 5.74) is 3.21. The van der Waals surface area contributed by atoms with E-state index < -0.39 is 0 Å². The zero-order valence-corrected chi connectivity index (χ0v) is 13.1. The Labute approximate surface area is 136 Å². The van der Waals surface area contributed by atoms with Crippen molar-refractivity contribution in [1.29, 1.82) is 0 Å². The lowest BCUT2D eigenvalue weighted by Crippen LogP contribution is -2.07. The topological polar surface area (TPSA) is 27.1 Å². The van der Waals surface area contributed by atoms with E-state index in [0.717, 1.165) is 34.6 Å². The fourth-order valence-electron chi connectivity index (χ4n) is 2.68. The Hall–Kier alpha value is -2.81. The molecule has 23 heavy (non-hydrogen) atoms. The average molecular weight is 304 g/mol. The van der Waals surface area contributed by atoms with Crippen LogP contribution in [0.5, 0.6) is 5.75 Å². The molecule has 0 bridgehead atoms. The van der Waals surface area contributed by atoms with Gasteiger partial charge >= 0.3 is 0 Å². The van der Waals surface area contributed by atoms with Crippen molar-refractivity contribution in [2.75, 3.05) is 0 Å². The number of allylic oxidation sites excluding steroid dienone is 2. The molecule has 3 nitrogen and oxygen atoms in total. The molecular formula is C20H20N2O. The minimum atomic E-state index is 0.427. The number of rotatable bonds is 7. The molecule has 1 aromatic heterocycles. The molecule has 116 valence electrons. The Bertz CT molecular complexity index is 833. The standard InChI is InChI=1S/C20H20N2O/c1-3-9-16-10-5-8-13-19(16)23-15-20-21-17-11-6-7-12-18(17)22(20)14-4-2/h3-8,10-13H,1-2,9,14-15H2. The highest BCUT2D eigenvalue weighted by Crippen LogP contribution is 2.22. The minimum Gasteiger partial charge on any atom is -0.485 e. The molecule has 0 aliphatic carbocycles. The van der Waals surface area contributed by atoms with Gasteiger partial charge in [0.2, 0.25) is 0 Å². The largest absolute Gasteiger partial charge is 0.485 e. The molecule has 0 saturated heterocycles. The molecule has 0 radical (unpaired) electrons. The van der Waals surface area contributed by atoms with Gasteiger partial charge in [0.05, 0.1) is 11.0 Å². The van der Waals surface area contributed by atoms with Crippen LogP contribution >= 0.6 is 0 Å². The monoisotopic (exact) mass is 304 g/mol. The van der Waals surface area contributed by atoms with Crippen molar-refractivity contribution in [1.82, 2.24) is 9.55 Å². The number of aromatic nitrogens is 2. The SMILES string of the molecule is C=CCc1ccccc1OCc1nc2ccccc2n1CC=C. The number of fused-ring (bicyclic) bond motifs is 1. The van der Waals surface area contributed by atoms with Gasteiger partial charge in [0.15, 0.2) is 0 Å². The molecule has 2 aromatic carbocycles. The van der Waals surface area contributed by atoms with Crippen molar-refractivity contribution in [3.8, 4) is 5.75 Å². The van der Waals surface area contributed by atoms with Gasteiger partial charge in [-0.25, -0.2) is 4.98 Å². The van der Waals surface area contributed by atoms with Gasteiger partial charge in [0, 0.05) is 6.54 Å². The van der Waals surface area contributed by atoms with E-state index in [0.29, 0.717) is 13.2 Å². The van der Waals surface area contributed by atoms with Gasteiger partial charge in [-0.1, -0.05) is 42.5 Å². The summed E-state index contributed by atoms with van der Waals surface area (Å²) in [6, 6.07) is 16.1. The van der Waals surface area contributed by atoms with Gasteiger partial charge in [-0.15, -0.1) is 13.2 Å². The van der Waals surface area contributed by atoms with Crippen LogP contribution in [0.1, 0.15) is 11.4 Å². The molecule has 1 heterocycles. The number of imidazole rings is 1. The number of hydrogen-bond donors (Lipinski definition) is 0. The highest BCUT2D eigenvalue weighted by molar-refractivity contribution is 5.75. The third kappa shape index (κ3) is 3.19. The second-order valence-corrected chi connectivity index (χ2v) is 5.31. The second kappa shape index (κ2) is 6.97. The first-order chi connectivity index (χ1) is 11.3. The third-order valence-corrected chi connectivity index (χ3v) is 3.74. The van der Waals surface area contributed by atoms with Crippen molar-refractivity contribution in [2.45, 2.75) is 19.6 Å². The van der Waals surface area contributed by atoms with Gasteiger partial charge < -0.3 is 9.30 Å². The van der Waals surface area contributed by atoms with Gasteiger partial charge in [0.25, 0.3) is 0 Å². The molecule has 0 unspecified atom stereocenters. The quantitative estimate of drug-likeness (QED) is 0.600. The Balaban J connectivity index is 1.88. The van der Waals surface area contributed by atoms with Crippen molar-refractivity contribution in [3.05, 3.63) is 85.2 Å². The van der Waals surface area contributed by atoms with Crippen molar-refractivity contribution >= 4 is 11.0 Å². The fourth-order valence-corrected chi connectivity index (χ4v) is 2.68. The lowest BCUT2D eigenvalue weighted by Gasteiger charge is -2.11. The van der Waals surface area contributed by atoms with Crippen LogP contribution in [0.15, 0.2) is 73.8 Å². The van der Waals surface area contributed by atoms with E-state index >= 15 is 0 Å². The van der Waals surface area contributed by atoms with E-state index in [2.05, 4.69) is 29.9 Å². The van der Waals surface area contributed by atoms with Crippen LogP contribution in [0.2, 0.25) is 0 Å². The highest BCUT2D eigenvalue weighted by Gasteiger charge is 2.10. The molecule has 0 saturated carbocycles. The average Bonchev–Trinajstić information content (AvgIpc) is 2.93. The molecule has 0 fully saturated rings. The maximum Gasteiger partial charge on any atom is 0.148 e. The zero-order chi connectivity index (χ0) is 16.1. The summed E-state index contributed by atoms with van der Waals surface area (Å²) < 4.78 is 8.16. The summed E-state index contributed by atoms with van der Waals surface area (Å²) in [7, 11) is 0. The first-order valence-corrected chi connectivity index (χ1v) is 7.70. The van der Waals surface area contributed by atoms with Gasteiger partial charge in [-0.2, -0.15) is 0 Å². The molecule has 0 aliphatic heterocycles. The van der Waals surface area contributed by atoms with Crippen LogP contribution < -0.4 is 4.74 Å². The van der Waals surface area contributed by atoms with E-state index in [4.69, 9.17) is 9.72 Å². The smallest absolute Gasteiger partial charge is 0.148 e. The zero-order valence-electron chi connectivity index (χ0n) is 13.1. The lowest BCUT2D eigenvalue weighted by molar-refractivity contribution is 0.289. The number of hydrogen-bond acceptors (Lipinski definition) is 2. The Morgan fingerprint density at radius 1 is 1.00 bits per heavy atom. The number of nitrogens with zero attached hydrogens (tertiary/aromatic N) is 2. The molecule has 3 rings (SSSR count). The summed E-state index contributed by atoms with van der Waals surface area (Å²) in [5.74, 6) is 1.78. The Kier molecular flexibility index (Phi) is 4.57. The van der Waals surface area contributed by atoms with E-state index in [1.165, 1.54) is 0 Å². The predicted molar refractivity (Wildman–Crippen MR) is 94.6 cm³/mol. The van der Waals surface area contributed by atoms with Crippen LogP contribution in [0, 0.1) is 0 Å². The number of benzene rings is 2. The maximum absolute atomic E-state index is 6.03. The van der Waals surface area contributed by atoms with E-state index in [1.54, 1.807) is 0 Å². The molecule has 0 N–H and O–H groups in total. The van der Waals surface area contributed by atoms with Crippen LogP contribution in [0.3, 0.4) is 0 Å². The second-order valence-electron chi connectivity index (χ2n) is 5.31. The number of ether oxygens (including phenoxy) is 1. The summed E-state index contributed by atoms with van der Waals surface area (Å²) in [5, 5.41) is 0. The van der Waals surface area contributed by atoms with Crippen molar-refractivity contribution < 1.29 is 4.74 Å². The van der Waals surface area contributed by atoms with Gasteiger partial charge in [-0.3, -0.25) is 0 Å². The summed E-state index contributed by atoms with van der Waals surface area (Å²) in [4.78, 5) is 4.69. The maximum atomic E-state index is 6.03. The molecule has 0 atom stereocenters. The normalized spacial score (nSPS) is 10.6. The summed E-state index contributed by atoms with van der Waals surface area (Å²) in [6.45, 7) is 8.78. The first-order valence-electron chi connectivity index (χ1n) is 7.70. The van der Waals surface area contributed by atoms with Crippen LogP contribution in [0.25, 0.3) is 11.0 Å².